The third-order valence-corrected chi connectivity index (χ3v) is 1.22. The SMILES string of the molecule is COS(=O)(=O)OC.NN. The molecular formula is C2H10N2O4S. The Hall–Kier alpha value is -0.210. The van der Waals surface area contributed by atoms with Crippen LogP contribution >= 0.6 is 0 Å². The number of nitrogens with two attached hydrogens (primary N) is 2. The molecule has 6 nitrogen and oxygen atoms in total. The van der Waals surface area contributed by atoms with Crippen LogP contribution in [0.4, 0.5) is 0 Å². The van der Waals surface area contributed by atoms with E-state index in [2.05, 4.69) is 20.1 Å². The van der Waals surface area contributed by atoms with E-state index in [1.165, 1.54) is 0 Å². The van der Waals surface area contributed by atoms with Gasteiger partial charge < -0.3 is 0 Å². The lowest BCUT2D eigenvalue weighted by Crippen LogP contribution is -2.02. The lowest BCUT2D eigenvalue weighted by Gasteiger charge is -1.91. The molecule has 9 heavy (non-hydrogen) atoms. The number of rotatable bonds is 2. The summed E-state index contributed by atoms with van der Waals surface area (Å²) in [5, 5.41) is 0. The first-order chi connectivity index (χ1) is 4.12. The summed E-state index contributed by atoms with van der Waals surface area (Å²) in [5.41, 5.74) is 0. The topological polar surface area (TPSA) is 105 Å². The molecule has 0 rings (SSSR count). The molecule has 0 aromatic carbocycles. The smallest absolute Gasteiger partial charge is 0.274 e. The van der Waals surface area contributed by atoms with Gasteiger partial charge in [0, 0.05) is 0 Å². The predicted octanol–water partition coefficient (Wildman–Crippen LogP) is -1.66. The highest BCUT2D eigenvalue weighted by molar-refractivity contribution is 7.81. The minimum Gasteiger partial charge on any atom is -0.274 e. The zero-order chi connectivity index (χ0) is 7.91. The predicted molar refractivity (Wildman–Crippen MR) is 31.3 cm³/mol. The molecule has 0 aromatic rings. The molecule has 0 aliphatic carbocycles. The Bertz CT molecular complexity index is 120. The van der Waals surface area contributed by atoms with Crippen LogP contribution in [-0.2, 0) is 18.8 Å². The molecule has 0 atom stereocenters. The molecular weight excluding hydrogens is 148 g/mol. The highest BCUT2D eigenvalue weighted by Gasteiger charge is 2.01. The lowest BCUT2D eigenvalue weighted by molar-refractivity contribution is 0.286. The summed E-state index contributed by atoms with van der Waals surface area (Å²) in [4.78, 5) is 0. The van der Waals surface area contributed by atoms with E-state index < -0.39 is 10.4 Å². The summed E-state index contributed by atoms with van der Waals surface area (Å²) in [6, 6.07) is 0. The van der Waals surface area contributed by atoms with Crippen LogP contribution in [0.15, 0.2) is 0 Å². The van der Waals surface area contributed by atoms with E-state index in [9.17, 15) is 8.42 Å². The van der Waals surface area contributed by atoms with Gasteiger partial charge in [0.2, 0.25) is 0 Å². The fourth-order valence-electron chi connectivity index (χ4n) is 0.0680. The third-order valence-electron chi connectivity index (χ3n) is 0.408. The van der Waals surface area contributed by atoms with Crippen molar-refractivity contribution < 1.29 is 16.8 Å². The van der Waals surface area contributed by atoms with Crippen molar-refractivity contribution in [2.75, 3.05) is 14.2 Å². The Morgan fingerprint density at radius 2 is 1.33 bits per heavy atom. The van der Waals surface area contributed by atoms with Crippen molar-refractivity contribution in [3.8, 4) is 0 Å². The first-order valence-electron chi connectivity index (χ1n) is 1.82. The molecule has 0 unspecified atom stereocenters. The van der Waals surface area contributed by atoms with Crippen LogP contribution in [-0.4, -0.2) is 22.6 Å². The molecule has 0 bridgehead atoms. The molecule has 0 aliphatic rings. The first-order valence-corrected chi connectivity index (χ1v) is 3.15. The minimum atomic E-state index is -3.66. The van der Waals surface area contributed by atoms with E-state index in [-0.39, 0.29) is 0 Å². The van der Waals surface area contributed by atoms with Crippen LogP contribution in [0.25, 0.3) is 0 Å². The molecule has 0 aromatic heterocycles. The van der Waals surface area contributed by atoms with Gasteiger partial charge in [-0.25, -0.2) is 0 Å². The Balaban J connectivity index is 0. The summed E-state index contributed by atoms with van der Waals surface area (Å²) in [6.45, 7) is 0. The molecule has 0 saturated carbocycles. The molecule has 0 radical (unpaired) electrons. The van der Waals surface area contributed by atoms with Gasteiger partial charge in [0.15, 0.2) is 0 Å². The fourth-order valence-corrected chi connectivity index (χ4v) is 0.204. The maximum atomic E-state index is 9.92. The van der Waals surface area contributed by atoms with Crippen molar-refractivity contribution in [3.05, 3.63) is 0 Å². The summed E-state index contributed by atoms with van der Waals surface area (Å²) in [6.07, 6.45) is 0. The summed E-state index contributed by atoms with van der Waals surface area (Å²) in [7, 11) is -1.60. The maximum Gasteiger partial charge on any atom is 0.399 e. The second-order valence-corrected chi connectivity index (χ2v) is 2.22. The van der Waals surface area contributed by atoms with Gasteiger partial charge >= 0.3 is 10.4 Å². The highest BCUT2D eigenvalue weighted by atomic mass is 32.3. The van der Waals surface area contributed by atoms with Gasteiger partial charge in [0.25, 0.3) is 0 Å². The van der Waals surface area contributed by atoms with Gasteiger partial charge in [-0.1, -0.05) is 0 Å². The minimum absolute atomic E-state index is 1.03. The van der Waals surface area contributed by atoms with Gasteiger partial charge in [-0.15, -0.1) is 0 Å². The second-order valence-electron chi connectivity index (χ2n) is 0.742. The molecule has 58 valence electrons. The Kier molecular flexibility index (Phi) is 7.61. The monoisotopic (exact) mass is 158 g/mol. The van der Waals surface area contributed by atoms with E-state index in [0.717, 1.165) is 14.2 Å². The lowest BCUT2D eigenvalue weighted by atomic mass is 11.8. The normalized spacial score (nSPS) is 9.78. The zero-order valence-electron chi connectivity index (χ0n) is 5.20. The van der Waals surface area contributed by atoms with Crippen molar-refractivity contribution in [1.29, 1.82) is 0 Å². The van der Waals surface area contributed by atoms with Crippen LogP contribution in [0.5, 0.6) is 0 Å². The molecule has 0 aliphatic heterocycles. The molecule has 0 fully saturated rings. The standard InChI is InChI=1S/C2H6O4S.H4N2/c1-5-7(3,4)6-2;1-2/h1-2H3;1-2H2. The molecule has 0 amide bonds. The Morgan fingerprint density at radius 1 is 1.11 bits per heavy atom. The van der Waals surface area contributed by atoms with Crippen LogP contribution in [0.1, 0.15) is 0 Å². The van der Waals surface area contributed by atoms with Crippen LogP contribution in [0.2, 0.25) is 0 Å². The fraction of sp³-hybridized carbons (Fsp3) is 1.00. The Morgan fingerprint density at radius 3 is 1.33 bits per heavy atom. The average molecular weight is 158 g/mol. The summed E-state index contributed by atoms with van der Waals surface area (Å²) in [5.74, 6) is 8.00. The van der Waals surface area contributed by atoms with Crippen LogP contribution in [0.3, 0.4) is 0 Å². The number of hydrogen-bond donors (Lipinski definition) is 2. The van der Waals surface area contributed by atoms with Crippen LogP contribution in [0, 0.1) is 0 Å². The van der Waals surface area contributed by atoms with Crippen molar-refractivity contribution >= 4 is 10.4 Å². The highest BCUT2D eigenvalue weighted by Crippen LogP contribution is 1.85. The number of hydrogen-bond acceptors (Lipinski definition) is 6. The van der Waals surface area contributed by atoms with Gasteiger partial charge in [-0.05, 0) is 0 Å². The van der Waals surface area contributed by atoms with Crippen molar-refractivity contribution in [2.45, 2.75) is 0 Å². The van der Waals surface area contributed by atoms with E-state index >= 15 is 0 Å². The van der Waals surface area contributed by atoms with E-state index in [0.29, 0.717) is 0 Å². The molecule has 0 heterocycles. The largest absolute Gasteiger partial charge is 0.399 e. The summed E-state index contributed by atoms with van der Waals surface area (Å²) < 4.78 is 27.5. The quantitative estimate of drug-likeness (QED) is 0.368. The number of hydrazine groups is 1. The molecule has 0 saturated heterocycles. The van der Waals surface area contributed by atoms with Crippen molar-refractivity contribution in [2.24, 2.45) is 11.7 Å². The van der Waals surface area contributed by atoms with Gasteiger partial charge in [-0.3, -0.25) is 20.1 Å². The van der Waals surface area contributed by atoms with Gasteiger partial charge in [0.05, 0.1) is 14.2 Å². The van der Waals surface area contributed by atoms with Crippen molar-refractivity contribution in [1.82, 2.24) is 0 Å². The molecule has 7 heteroatoms. The van der Waals surface area contributed by atoms with Gasteiger partial charge in [-0.2, -0.15) is 8.42 Å². The van der Waals surface area contributed by atoms with Gasteiger partial charge in [0.1, 0.15) is 0 Å². The second kappa shape index (κ2) is 5.92. The third kappa shape index (κ3) is 7.79. The molecule has 0 spiro atoms. The zero-order valence-corrected chi connectivity index (χ0v) is 6.01. The summed E-state index contributed by atoms with van der Waals surface area (Å²) >= 11 is 0. The van der Waals surface area contributed by atoms with E-state index in [1.807, 2.05) is 0 Å². The van der Waals surface area contributed by atoms with Crippen LogP contribution < -0.4 is 11.7 Å². The van der Waals surface area contributed by atoms with Crippen molar-refractivity contribution in [3.63, 3.8) is 0 Å². The first kappa shape index (κ1) is 11.6. The van der Waals surface area contributed by atoms with E-state index in [1.54, 1.807) is 0 Å². The average Bonchev–Trinajstić information content (AvgIpc) is 1.93. The molecule has 4 N–H and O–H groups in total. The maximum absolute atomic E-state index is 9.92. The van der Waals surface area contributed by atoms with E-state index in [4.69, 9.17) is 0 Å². The Labute approximate surface area is 54.0 Å².